The summed E-state index contributed by atoms with van der Waals surface area (Å²) in [6.45, 7) is 8.24. The van der Waals surface area contributed by atoms with Crippen LogP contribution in [0.3, 0.4) is 0 Å². The number of nitrogens with zero attached hydrogens (tertiary/aromatic N) is 5. The molecule has 1 aliphatic rings. The van der Waals surface area contributed by atoms with Crippen molar-refractivity contribution in [1.82, 2.24) is 19.5 Å². The zero-order valence-corrected chi connectivity index (χ0v) is 15.3. The maximum absolute atomic E-state index is 6.00. The number of hydrogen-bond acceptors (Lipinski definition) is 4. The molecule has 3 heterocycles. The topological polar surface area (TPSA) is 36.7 Å². The molecule has 1 fully saturated rings. The van der Waals surface area contributed by atoms with Crippen LogP contribution in [0.2, 0.25) is 5.02 Å². The van der Waals surface area contributed by atoms with Crippen molar-refractivity contribution in [3.05, 3.63) is 59.0 Å². The summed E-state index contributed by atoms with van der Waals surface area (Å²) in [5, 5.41) is 5.28. The largest absolute Gasteiger partial charge is 0.352 e. The maximum Gasteiger partial charge on any atom is 0.154 e. The monoisotopic (exact) mass is 355 g/mol. The molecule has 1 unspecified atom stereocenters. The van der Waals surface area contributed by atoms with Crippen molar-refractivity contribution in [1.29, 1.82) is 0 Å². The Bertz CT molecular complexity index is 865. The third-order valence-electron chi connectivity index (χ3n) is 5.01. The second kappa shape index (κ2) is 6.65. The van der Waals surface area contributed by atoms with Gasteiger partial charge in [0, 0.05) is 49.6 Å². The summed E-state index contributed by atoms with van der Waals surface area (Å²) in [5.41, 5.74) is 3.41. The summed E-state index contributed by atoms with van der Waals surface area (Å²) in [7, 11) is 0. The second-order valence-electron chi connectivity index (χ2n) is 6.62. The van der Waals surface area contributed by atoms with Crippen LogP contribution in [0.5, 0.6) is 0 Å². The van der Waals surface area contributed by atoms with Gasteiger partial charge in [0.05, 0.1) is 5.69 Å². The van der Waals surface area contributed by atoms with Crippen LogP contribution in [0, 0.1) is 6.92 Å². The average Bonchev–Trinajstić information content (AvgIpc) is 3.02. The van der Waals surface area contributed by atoms with Crippen LogP contribution < -0.4 is 4.90 Å². The van der Waals surface area contributed by atoms with Crippen molar-refractivity contribution in [2.45, 2.75) is 19.9 Å². The lowest BCUT2D eigenvalue weighted by Crippen LogP contribution is -2.47. The lowest BCUT2D eigenvalue weighted by Gasteiger charge is -2.38. The average molecular weight is 356 g/mol. The molecule has 0 spiro atoms. The molecule has 1 aromatic carbocycles. The fourth-order valence-corrected chi connectivity index (χ4v) is 3.67. The van der Waals surface area contributed by atoms with Gasteiger partial charge in [0.1, 0.15) is 5.52 Å². The highest BCUT2D eigenvalue weighted by molar-refractivity contribution is 6.30. The molecular weight excluding hydrogens is 334 g/mol. The number of hydrogen-bond donors (Lipinski definition) is 0. The number of anilines is 1. The highest BCUT2D eigenvalue weighted by Gasteiger charge is 2.24. The van der Waals surface area contributed by atoms with E-state index in [4.69, 9.17) is 11.6 Å². The minimum Gasteiger partial charge on any atom is -0.352 e. The molecule has 0 saturated carbocycles. The standard InChI is InChI=1S/C19H22ClN5/c1-14-13-18-19(21-7-8-25(18)22-14)24-11-9-23(10-12-24)15(2)16-3-5-17(20)6-4-16/h3-8,13,15H,9-12H2,1-2H3. The first-order chi connectivity index (χ1) is 12.1. The Morgan fingerprint density at radius 2 is 1.80 bits per heavy atom. The molecule has 0 bridgehead atoms. The molecule has 130 valence electrons. The fourth-order valence-electron chi connectivity index (χ4n) is 3.55. The number of benzene rings is 1. The SMILES string of the molecule is Cc1cc2c(N3CCN(C(C)c4ccc(Cl)cc4)CC3)nccn2n1. The first kappa shape index (κ1) is 16.4. The van der Waals surface area contributed by atoms with Gasteiger partial charge in [-0.3, -0.25) is 4.90 Å². The molecule has 2 aromatic heterocycles. The number of piperazine rings is 1. The molecule has 6 heteroatoms. The molecule has 3 aromatic rings. The van der Waals surface area contributed by atoms with Crippen molar-refractivity contribution in [3.8, 4) is 0 Å². The van der Waals surface area contributed by atoms with Gasteiger partial charge in [0.15, 0.2) is 5.82 Å². The number of halogens is 1. The van der Waals surface area contributed by atoms with Gasteiger partial charge in [0.25, 0.3) is 0 Å². The summed E-state index contributed by atoms with van der Waals surface area (Å²) in [5.74, 6) is 1.03. The van der Waals surface area contributed by atoms with E-state index < -0.39 is 0 Å². The lowest BCUT2D eigenvalue weighted by molar-refractivity contribution is 0.198. The molecule has 5 nitrogen and oxygen atoms in total. The van der Waals surface area contributed by atoms with E-state index in [2.05, 4.69) is 45.0 Å². The highest BCUT2D eigenvalue weighted by Crippen LogP contribution is 2.26. The molecule has 0 N–H and O–H groups in total. The van der Waals surface area contributed by atoms with Crippen molar-refractivity contribution < 1.29 is 0 Å². The molecule has 0 aliphatic carbocycles. The molecule has 25 heavy (non-hydrogen) atoms. The number of rotatable bonds is 3. The summed E-state index contributed by atoms with van der Waals surface area (Å²) < 4.78 is 1.92. The van der Waals surface area contributed by atoms with Crippen molar-refractivity contribution in [3.63, 3.8) is 0 Å². The molecule has 1 aliphatic heterocycles. The predicted octanol–water partition coefficient (Wildman–Crippen LogP) is 3.57. The lowest BCUT2D eigenvalue weighted by atomic mass is 10.1. The molecule has 0 radical (unpaired) electrons. The first-order valence-corrected chi connectivity index (χ1v) is 9.05. The maximum atomic E-state index is 6.00. The number of fused-ring (bicyclic) bond motifs is 1. The zero-order valence-electron chi connectivity index (χ0n) is 14.6. The van der Waals surface area contributed by atoms with Gasteiger partial charge in [0.2, 0.25) is 0 Å². The van der Waals surface area contributed by atoms with Crippen LogP contribution in [0.1, 0.15) is 24.2 Å². The molecule has 0 amide bonds. The summed E-state index contributed by atoms with van der Waals surface area (Å²) in [6, 6.07) is 10.7. The Labute approximate surface area is 152 Å². The van der Waals surface area contributed by atoms with Crippen LogP contribution in [0.15, 0.2) is 42.7 Å². The van der Waals surface area contributed by atoms with Crippen LogP contribution in [0.25, 0.3) is 5.52 Å². The van der Waals surface area contributed by atoms with Crippen molar-refractivity contribution in [2.75, 3.05) is 31.1 Å². The van der Waals surface area contributed by atoms with E-state index in [9.17, 15) is 0 Å². The predicted molar refractivity (Wildman–Crippen MR) is 101 cm³/mol. The second-order valence-corrected chi connectivity index (χ2v) is 7.05. The number of aryl methyl sites for hydroxylation is 1. The van der Waals surface area contributed by atoms with Gasteiger partial charge < -0.3 is 4.90 Å². The van der Waals surface area contributed by atoms with E-state index >= 15 is 0 Å². The van der Waals surface area contributed by atoms with E-state index in [0.717, 1.165) is 48.2 Å². The van der Waals surface area contributed by atoms with Crippen LogP contribution in [-0.4, -0.2) is 45.7 Å². The van der Waals surface area contributed by atoms with Crippen LogP contribution in [0.4, 0.5) is 5.82 Å². The molecule has 4 rings (SSSR count). The Morgan fingerprint density at radius 1 is 1.08 bits per heavy atom. The highest BCUT2D eigenvalue weighted by atomic mass is 35.5. The third-order valence-corrected chi connectivity index (χ3v) is 5.26. The molecule has 1 atom stereocenters. The van der Waals surface area contributed by atoms with E-state index in [1.807, 2.05) is 36.0 Å². The Morgan fingerprint density at radius 3 is 2.52 bits per heavy atom. The normalized spacial score (nSPS) is 17.2. The van der Waals surface area contributed by atoms with E-state index in [-0.39, 0.29) is 0 Å². The van der Waals surface area contributed by atoms with Gasteiger partial charge in [-0.1, -0.05) is 23.7 Å². The van der Waals surface area contributed by atoms with E-state index in [1.165, 1.54) is 5.56 Å². The van der Waals surface area contributed by atoms with Crippen molar-refractivity contribution in [2.24, 2.45) is 0 Å². The minimum atomic E-state index is 0.389. The van der Waals surface area contributed by atoms with Gasteiger partial charge in [-0.25, -0.2) is 9.50 Å². The third kappa shape index (κ3) is 3.22. The zero-order chi connectivity index (χ0) is 17.4. The summed E-state index contributed by atoms with van der Waals surface area (Å²) in [4.78, 5) is 9.49. The van der Waals surface area contributed by atoms with E-state index in [1.54, 1.807) is 0 Å². The van der Waals surface area contributed by atoms with Gasteiger partial charge in [-0.2, -0.15) is 5.10 Å². The minimum absolute atomic E-state index is 0.389. The first-order valence-electron chi connectivity index (χ1n) is 8.67. The van der Waals surface area contributed by atoms with Crippen LogP contribution >= 0.6 is 11.6 Å². The van der Waals surface area contributed by atoms with Gasteiger partial charge in [-0.05, 0) is 37.6 Å². The van der Waals surface area contributed by atoms with Crippen molar-refractivity contribution >= 4 is 22.9 Å². The number of aromatic nitrogens is 3. The summed E-state index contributed by atoms with van der Waals surface area (Å²) in [6.07, 6.45) is 3.74. The molecular formula is C19H22ClN5. The Hall–Kier alpha value is -2.11. The molecule has 1 saturated heterocycles. The Balaban J connectivity index is 1.48. The summed E-state index contributed by atoms with van der Waals surface area (Å²) >= 11 is 6.00. The fraction of sp³-hybridized carbons (Fsp3) is 0.368. The van der Waals surface area contributed by atoms with Gasteiger partial charge >= 0.3 is 0 Å². The van der Waals surface area contributed by atoms with Gasteiger partial charge in [-0.15, -0.1) is 0 Å². The van der Waals surface area contributed by atoms with Crippen LogP contribution in [-0.2, 0) is 0 Å². The smallest absolute Gasteiger partial charge is 0.154 e. The Kier molecular flexibility index (Phi) is 4.36. The quantitative estimate of drug-likeness (QED) is 0.719. The van der Waals surface area contributed by atoms with E-state index in [0.29, 0.717) is 6.04 Å².